The van der Waals surface area contributed by atoms with E-state index in [1.54, 1.807) is 0 Å². The van der Waals surface area contributed by atoms with Crippen molar-refractivity contribution in [2.45, 2.75) is 81.1 Å². The Morgan fingerprint density at radius 3 is 1.00 bits per heavy atom. The number of benzene rings is 4. The first-order valence-electron chi connectivity index (χ1n) is 19.8. The Kier molecular flexibility index (Phi) is 23.6. The molecule has 4 nitrogen and oxygen atoms in total. The zero-order valence-corrected chi connectivity index (χ0v) is 39.0. The van der Waals surface area contributed by atoms with Gasteiger partial charge in [-0.2, -0.15) is 19.6 Å². The topological polar surface area (TPSA) is 36.9 Å². The van der Waals surface area contributed by atoms with Gasteiger partial charge in [-0.15, -0.1) is 0 Å². The molecule has 0 spiro atoms. The third-order valence-electron chi connectivity index (χ3n) is 8.71. The summed E-state index contributed by atoms with van der Waals surface area (Å²) in [5.41, 5.74) is 3.55. The van der Waals surface area contributed by atoms with E-state index >= 15 is 0 Å². The van der Waals surface area contributed by atoms with Gasteiger partial charge in [0.05, 0.1) is 26.4 Å². The fourth-order valence-electron chi connectivity index (χ4n) is 5.12. The second kappa shape index (κ2) is 26.8. The molecular formula is C48H60NiO4S4-4. The van der Waals surface area contributed by atoms with Crippen LogP contribution in [-0.4, -0.2) is 26.4 Å². The van der Waals surface area contributed by atoms with Crippen molar-refractivity contribution in [3.63, 3.8) is 0 Å². The molecule has 0 amide bonds. The van der Waals surface area contributed by atoms with Crippen molar-refractivity contribution in [1.29, 1.82) is 0 Å². The minimum Gasteiger partial charge on any atom is -0.780 e. The summed E-state index contributed by atoms with van der Waals surface area (Å²) in [6, 6.07) is 31.5. The van der Waals surface area contributed by atoms with Gasteiger partial charge in [-0.25, -0.2) is 0 Å². The Balaban J connectivity index is 0.000000387. The summed E-state index contributed by atoms with van der Waals surface area (Å²) in [7, 11) is 0. The van der Waals surface area contributed by atoms with Crippen molar-refractivity contribution in [3.05, 3.63) is 119 Å². The van der Waals surface area contributed by atoms with E-state index in [-0.39, 0.29) is 16.5 Å². The summed E-state index contributed by atoms with van der Waals surface area (Å²) in [5, 5.41) is 0. The van der Waals surface area contributed by atoms with Crippen LogP contribution < -0.4 is 18.9 Å². The summed E-state index contributed by atoms with van der Waals surface area (Å²) in [6.07, 6.45) is 3.99. The third kappa shape index (κ3) is 18.2. The summed E-state index contributed by atoms with van der Waals surface area (Å²) >= 11 is 22.8. The van der Waals surface area contributed by atoms with E-state index < -0.39 is 0 Å². The van der Waals surface area contributed by atoms with Crippen LogP contribution in [0.3, 0.4) is 0 Å². The van der Waals surface area contributed by atoms with E-state index in [9.17, 15) is 0 Å². The summed E-state index contributed by atoms with van der Waals surface area (Å²) in [6.45, 7) is 20.2. The Labute approximate surface area is 376 Å². The van der Waals surface area contributed by atoms with Crippen molar-refractivity contribution in [1.82, 2.24) is 0 Å². The maximum absolute atomic E-state index is 6.05. The van der Waals surface area contributed by atoms with Gasteiger partial charge in [0.1, 0.15) is 23.0 Å². The molecule has 4 aromatic carbocycles. The number of hydrogen-bond acceptors (Lipinski definition) is 8. The van der Waals surface area contributed by atoms with Crippen LogP contribution in [0.5, 0.6) is 23.0 Å². The fourth-order valence-corrected chi connectivity index (χ4v) is 6.17. The summed E-state index contributed by atoms with van der Waals surface area (Å²) < 4.78 is 24.0. The Morgan fingerprint density at radius 1 is 0.404 bits per heavy atom. The zero-order chi connectivity index (χ0) is 41.0. The molecule has 0 bridgehead atoms. The van der Waals surface area contributed by atoms with Crippen molar-refractivity contribution in [2.24, 2.45) is 23.7 Å². The molecule has 0 N–H and O–H groups in total. The van der Waals surface area contributed by atoms with Crippen molar-refractivity contribution in [2.75, 3.05) is 26.4 Å². The van der Waals surface area contributed by atoms with Gasteiger partial charge in [-0.3, -0.25) is 0 Å². The molecule has 314 valence electrons. The molecule has 4 aromatic rings. The largest absolute Gasteiger partial charge is 0.780 e. The first-order chi connectivity index (χ1) is 26.8. The van der Waals surface area contributed by atoms with E-state index in [1.807, 2.05) is 97.1 Å². The van der Waals surface area contributed by atoms with E-state index in [0.717, 1.165) is 70.9 Å². The van der Waals surface area contributed by atoms with Gasteiger partial charge in [-0.05, 0) is 108 Å². The van der Waals surface area contributed by atoms with E-state index in [2.05, 4.69) is 55.4 Å². The Hall–Kier alpha value is -3.07. The van der Waals surface area contributed by atoms with Crippen LogP contribution >= 0.6 is 0 Å². The van der Waals surface area contributed by atoms with Crippen LogP contribution in [0.25, 0.3) is 19.6 Å². The van der Waals surface area contributed by atoms with Gasteiger partial charge in [0, 0.05) is 16.5 Å². The average Bonchev–Trinajstić information content (AvgIpc) is 3.18. The van der Waals surface area contributed by atoms with Crippen LogP contribution in [0.2, 0.25) is 0 Å². The van der Waals surface area contributed by atoms with E-state index in [4.69, 9.17) is 69.5 Å². The van der Waals surface area contributed by atoms with Crippen LogP contribution in [0.1, 0.15) is 103 Å². The first kappa shape index (κ1) is 50.1. The maximum atomic E-state index is 6.05. The zero-order valence-electron chi connectivity index (χ0n) is 34.8. The van der Waals surface area contributed by atoms with Gasteiger partial charge in [0.15, 0.2) is 0 Å². The predicted molar refractivity (Wildman–Crippen MR) is 249 cm³/mol. The van der Waals surface area contributed by atoms with Crippen LogP contribution in [-0.2, 0) is 67.0 Å². The minimum atomic E-state index is 0. The monoisotopic (exact) mass is 886 g/mol. The molecule has 0 unspecified atom stereocenters. The minimum absolute atomic E-state index is 0. The normalized spacial score (nSPS) is 12.0. The van der Waals surface area contributed by atoms with E-state index in [1.165, 1.54) is 0 Å². The van der Waals surface area contributed by atoms with Gasteiger partial charge in [0.2, 0.25) is 0 Å². The summed E-state index contributed by atoms with van der Waals surface area (Å²) in [5.74, 6) is 5.49. The SMILES string of the molecule is CC(C)CCOc1ccc(OCCC(C)C)c(C([S-])=C([S-])c2ccccc2)c1.CC(C)CCOc1ccc(OCCC(C)C)c(C([S-])=C([S-])c2ccccc2)c1.[Ni]. The molecule has 4 rings (SSSR count). The molecule has 0 saturated heterocycles. The first-order valence-corrected chi connectivity index (χ1v) is 21.5. The van der Waals surface area contributed by atoms with Gasteiger partial charge < -0.3 is 69.5 Å². The van der Waals surface area contributed by atoms with Gasteiger partial charge in [-0.1, -0.05) is 116 Å². The molecule has 0 heterocycles. The van der Waals surface area contributed by atoms with E-state index in [0.29, 0.717) is 69.7 Å². The molecule has 0 aliphatic heterocycles. The number of rotatable bonds is 20. The van der Waals surface area contributed by atoms with Crippen LogP contribution in [0, 0.1) is 23.7 Å². The fraction of sp³-hybridized carbons (Fsp3) is 0.417. The molecule has 0 atom stereocenters. The summed E-state index contributed by atoms with van der Waals surface area (Å²) in [4.78, 5) is 2.55. The number of hydrogen-bond donors (Lipinski definition) is 0. The van der Waals surface area contributed by atoms with Crippen molar-refractivity contribution >= 4 is 70.1 Å². The molecule has 57 heavy (non-hydrogen) atoms. The second-order valence-corrected chi connectivity index (χ2v) is 17.1. The molecular weight excluding hydrogens is 827 g/mol. The second-order valence-electron chi connectivity index (χ2n) is 15.5. The Bertz CT molecular complexity index is 1680. The molecule has 0 radical (unpaired) electrons. The predicted octanol–water partition coefficient (Wildman–Crippen LogP) is 12.9. The van der Waals surface area contributed by atoms with Gasteiger partial charge >= 0.3 is 0 Å². The van der Waals surface area contributed by atoms with Crippen LogP contribution in [0.15, 0.2) is 97.1 Å². The quantitative estimate of drug-likeness (QED) is 0.0494. The number of ether oxygens (including phenoxy) is 4. The third-order valence-corrected chi connectivity index (χ3v) is 10.7. The van der Waals surface area contributed by atoms with Crippen LogP contribution in [0.4, 0.5) is 0 Å². The van der Waals surface area contributed by atoms with Crippen molar-refractivity contribution < 1.29 is 35.4 Å². The van der Waals surface area contributed by atoms with Crippen molar-refractivity contribution in [3.8, 4) is 23.0 Å². The molecule has 0 aliphatic rings. The average molecular weight is 888 g/mol. The Morgan fingerprint density at radius 2 is 0.702 bits per heavy atom. The molecule has 9 heteroatoms. The maximum Gasteiger partial charge on any atom is 0.125 e. The molecule has 0 aromatic heterocycles. The molecule has 0 saturated carbocycles. The molecule has 0 aliphatic carbocycles. The van der Waals surface area contributed by atoms with Gasteiger partial charge in [0.25, 0.3) is 0 Å². The molecule has 0 fully saturated rings. The smallest absolute Gasteiger partial charge is 0.125 e. The standard InChI is InChI=1S/2C24H32O2S2.Ni/c2*1-17(2)12-14-25-20-10-11-22(26-15-13-18(3)4)21(16-20)24(28)23(27)19-8-6-5-7-9-19;/h2*5-11,16-18,27-28H,12-15H2,1-4H3;/p-4.